The van der Waals surface area contributed by atoms with Crippen molar-refractivity contribution in [3.8, 4) is 0 Å². The second-order valence-electron chi connectivity index (χ2n) is 32.3. The van der Waals surface area contributed by atoms with Gasteiger partial charge in [0.15, 0.2) is 11.4 Å². The van der Waals surface area contributed by atoms with Gasteiger partial charge in [0, 0.05) is 66.1 Å². The molecule has 3 N–H and O–H groups in total. The van der Waals surface area contributed by atoms with E-state index in [9.17, 15) is 5.11 Å². The molecule has 8 nitrogen and oxygen atoms in total. The number of nitrogens with zero attached hydrogens (tertiary/aromatic N) is 2. The van der Waals surface area contributed by atoms with Gasteiger partial charge in [-0.05, 0) is 229 Å². The summed E-state index contributed by atoms with van der Waals surface area (Å²) in [6, 6.07) is 7.87. The second-order valence-corrected chi connectivity index (χ2v) is 32.3. The number of nitrogens with two attached hydrogens (primary N) is 1. The Labute approximate surface area is 477 Å². The number of carbonyl (C=O) groups is 2. The largest absolute Gasteiger partial charge is 0.508 e. The molecule has 11 fully saturated rings. The Morgan fingerprint density at radius 1 is 0.762 bits per heavy atom. The maximum Gasteiger partial charge on any atom is 0.339 e. The standard InChI is InChI=1S/C72H93N3O5/c1-41-32-45-17-19-54-47-34-48-40-75(54)61(45)59-50-22-30-70-63(62(76)51-18-20-55(48)74(39-47)60(51)49-36-67(25-7-8-26-67)69(37-49)28-11-27-66(69)23-5-6-24-66)79-65(78)71(70)56(72(70)53-16-9-14-43(15-10-31-73)57(53)64(77)80-72)35-46(42-12-3-2-4-13-42)33-44-21-29-68(41,59)38-52(44)58(50)71/h9,14,16,33,41-42,46-49,51-52,54-56,59-60,76H,2-8,10-13,15,17-32,34-40,73H2,1H3/b44-33?,63-62+/t41-,46-,47+,48-,49+,51-,52-,54-,55-,56+,59-,60+,68-,69+,70-,71-,72-/m1/s1. The Bertz CT molecular complexity index is 3050. The maximum absolute atomic E-state index is 17.1. The normalized spacial score (nSPS) is 49.1. The topological polar surface area (TPSA) is 105 Å². The van der Waals surface area contributed by atoms with Gasteiger partial charge in [-0.2, -0.15) is 0 Å². The lowest BCUT2D eigenvalue weighted by Gasteiger charge is -2.74. The quantitative estimate of drug-likeness (QED) is 0.222. The van der Waals surface area contributed by atoms with Crippen LogP contribution >= 0.6 is 0 Å². The van der Waals surface area contributed by atoms with Crippen LogP contribution in [0.4, 0.5) is 0 Å². The Hall–Kier alpha value is -3.36. The van der Waals surface area contributed by atoms with Crippen LogP contribution in [0.2, 0.25) is 0 Å². The van der Waals surface area contributed by atoms with Crippen molar-refractivity contribution in [2.24, 2.45) is 97.4 Å². The van der Waals surface area contributed by atoms with E-state index in [0.717, 1.165) is 74.6 Å². The minimum atomic E-state index is -1.14. The molecule has 1 aromatic rings. The summed E-state index contributed by atoms with van der Waals surface area (Å²) in [5.74, 6) is 3.88. The summed E-state index contributed by atoms with van der Waals surface area (Å²) in [6.07, 6.45) is 41.8. The molecule has 80 heavy (non-hydrogen) atoms. The van der Waals surface area contributed by atoms with Crippen LogP contribution in [0, 0.1) is 91.7 Å². The van der Waals surface area contributed by atoms with E-state index < -0.39 is 16.4 Å². The molecule has 19 rings (SSSR count). The molecule has 8 heteroatoms. The molecule has 7 heterocycles. The van der Waals surface area contributed by atoms with E-state index in [4.69, 9.17) is 15.2 Å². The van der Waals surface area contributed by atoms with Crippen LogP contribution in [0.1, 0.15) is 227 Å². The highest BCUT2D eigenvalue weighted by Crippen LogP contribution is 2.90. The number of allylic oxidation sites excluding steroid dienone is 4. The number of piperidine rings is 3. The molecule has 0 aromatic heterocycles. The molecule has 11 aliphatic carbocycles. The van der Waals surface area contributed by atoms with E-state index in [1.54, 1.807) is 22.4 Å². The first-order valence-electron chi connectivity index (χ1n) is 34.5. The Morgan fingerprint density at radius 2 is 1.57 bits per heavy atom. The van der Waals surface area contributed by atoms with Crippen LogP contribution in [-0.2, 0) is 26.3 Å². The average Bonchev–Trinajstić information content (AvgIpc) is 4.46. The van der Waals surface area contributed by atoms with Crippen molar-refractivity contribution in [1.29, 1.82) is 0 Å². The first-order chi connectivity index (χ1) is 39.1. The molecule has 17 atom stereocenters. The lowest BCUT2D eigenvalue weighted by molar-refractivity contribution is -0.284. The molecule has 18 aliphatic rings. The van der Waals surface area contributed by atoms with Crippen molar-refractivity contribution < 1.29 is 24.2 Å². The molecule has 4 saturated heterocycles. The zero-order valence-electron chi connectivity index (χ0n) is 48.6. The monoisotopic (exact) mass is 1080 g/mol. The minimum absolute atomic E-state index is 0.0924. The number of esters is 2. The van der Waals surface area contributed by atoms with Crippen molar-refractivity contribution in [3.63, 3.8) is 0 Å². The summed E-state index contributed by atoms with van der Waals surface area (Å²) in [4.78, 5) is 39.1. The Balaban J connectivity index is 0.894. The predicted molar refractivity (Wildman–Crippen MR) is 307 cm³/mol. The van der Waals surface area contributed by atoms with E-state index >= 15 is 9.59 Å². The van der Waals surface area contributed by atoms with E-state index in [2.05, 4.69) is 41.0 Å². The molecular formula is C72H93N3O5. The Kier molecular flexibility index (Phi) is 9.99. The molecular weight excluding hydrogens is 987 g/mol. The molecule has 9 bridgehead atoms. The van der Waals surface area contributed by atoms with Gasteiger partial charge in [-0.1, -0.05) is 99.3 Å². The van der Waals surface area contributed by atoms with Gasteiger partial charge in [-0.3, -0.25) is 9.69 Å². The zero-order valence-corrected chi connectivity index (χ0v) is 48.6. The molecule has 7 aliphatic heterocycles. The van der Waals surface area contributed by atoms with E-state index in [1.807, 2.05) is 0 Å². The number of aliphatic hydroxyl groups excluding tert-OH is 1. The fraction of sp³-hybridized carbons (Fsp3) is 0.778. The predicted octanol–water partition coefficient (Wildman–Crippen LogP) is 14.5. The maximum atomic E-state index is 17.1. The number of carbonyl (C=O) groups excluding carboxylic acids is 2. The summed E-state index contributed by atoms with van der Waals surface area (Å²) in [5, 5.41) is 14.7. The summed E-state index contributed by atoms with van der Waals surface area (Å²) in [6.45, 7) is 5.56. The highest BCUT2D eigenvalue weighted by atomic mass is 16.6. The van der Waals surface area contributed by atoms with Gasteiger partial charge in [0.05, 0.1) is 11.0 Å². The fourth-order valence-corrected chi connectivity index (χ4v) is 28.6. The lowest BCUT2D eigenvalue weighted by atomic mass is 9.26. The first-order valence-corrected chi connectivity index (χ1v) is 34.5. The number of hydrogen-bond donors (Lipinski definition) is 2. The summed E-state index contributed by atoms with van der Waals surface area (Å²) < 4.78 is 15.2. The minimum Gasteiger partial charge on any atom is -0.508 e. The van der Waals surface area contributed by atoms with Gasteiger partial charge >= 0.3 is 11.9 Å². The molecule has 0 radical (unpaired) electrons. The fourth-order valence-electron chi connectivity index (χ4n) is 28.6. The number of hydrogen-bond acceptors (Lipinski definition) is 8. The first kappa shape index (κ1) is 49.0. The number of benzene rings is 1. The summed E-state index contributed by atoms with van der Waals surface area (Å²) in [7, 11) is 0. The number of fused-ring (bicyclic) bond motifs is 10. The van der Waals surface area contributed by atoms with Crippen LogP contribution in [0.5, 0.6) is 0 Å². The zero-order chi connectivity index (χ0) is 53.1. The van der Waals surface area contributed by atoms with Crippen LogP contribution < -0.4 is 5.73 Å². The second kappa shape index (κ2) is 16.3. The Morgan fingerprint density at radius 3 is 2.41 bits per heavy atom. The van der Waals surface area contributed by atoms with Crippen molar-refractivity contribution in [2.45, 2.75) is 236 Å². The van der Waals surface area contributed by atoms with Crippen LogP contribution in [0.25, 0.3) is 0 Å². The third kappa shape index (κ3) is 5.37. The van der Waals surface area contributed by atoms with Crippen LogP contribution in [0.15, 0.2) is 63.8 Å². The average molecular weight is 1080 g/mol. The van der Waals surface area contributed by atoms with Crippen LogP contribution in [0.3, 0.4) is 0 Å². The molecule has 1 aromatic carbocycles. The third-order valence-corrected chi connectivity index (χ3v) is 30.7. The SMILES string of the molecule is C[C@@H]1CC2=C3[C@H]4C5=C6[C@@H]7C[C@@]41CCC7=C[C@@H](C1CCCCC1)C[C@H]1[C@]64C(=O)O/C(=C(/O)[C@@H]6CC[C@@H]7[C@@H]8C[C@@H](CN7[C@H]6[C@H]6CC7(CCCC7)[C@@]7(CCCC79CCCC9)C6)[C@@H](CC2)N3C8)[C@@]4(CC5)[C@]12OC(=O)c1c(CCCN)cccc12. The summed E-state index contributed by atoms with van der Waals surface area (Å²) >= 11 is 0. The van der Waals surface area contributed by atoms with Crippen molar-refractivity contribution >= 4 is 11.9 Å². The number of rotatable bonds is 5. The highest BCUT2D eigenvalue weighted by Gasteiger charge is 2.94. The third-order valence-electron chi connectivity index (χ3n) is 30.7. The molecule has 0 amide bonds. The van der Waals surface area contributed by atoms with Crippen molar-refractivity contribution in [1.82, 2.24) is 9.80 Å². The smallest absolute Gasteiger partial charge is 0.339 e. The number of ether oxygens (including phenoxy) is 2. The summed E-state index contributed by atoms with van der Waals surface area (Å²) in [5.41, 5.74) is 15.4. The lowest BCUT2D eigenvalue weighted by Crippen LogP contribution is -2.78. The molecule has 7 saturated carbocycles. The number of aliphatic hydroxyl groups is 1. The van der Waals surface area contributed by atoms with E-state index in [1.165, 1.54) is 160 Å². The molecule has 0 unspecified atom stereocenters. The van der Waals surface area contributed by atoms with Crippen molar-refractivity contribution in [2.75, 3.05) is 19.6 Å². The van der Waals surface area contributed by atoms with Gasteiger partial charge in [-0.15, -0.1) is 0 Å². The van der Waals surface area contributed by atoms with Gasteiger partial charge in [0.1, 0.15) is 11.2 Å². The highest BCUT2D eigenvalue weighted by molar-refractivity contribution is 6.00. The van der Waals surface area contributed by atoms with E-state index in [-0.39, 0.29) is 41.1 Å². The van der Waals surface area contributed by atoms with Crippen LogP contribution in [-0.4, -0.2) is 64.6 Å². The van der Waals surface area contributed by atoms with Crippen molar-refractivity contribution in [3.05, 3.63) is 80.5 Å². The van der Waals surface area contributed by atoms with Gasteiger partial charge in [0.25, 0.3) is 0 Å². The molecule has 426 valence electrons. The van der Waals surface area contributed by atoms with Gasteiger partial charge < -0.3 is 25.2 Å². The number of aryl methyl sites for hydroxylation is 1. The van der Waals surface area contributed by atoms with Gasteiger partial charge in [-0.25, -0.2) is 4.79 Å². The van der Waals surface area contributed by atoms with Gasteiger partial charge in [0.2, 0.25) is 0 Å². The molecule has 7 spiro atoms. The van der Waals surface area contributed by atoms with E-state index in [0.29, 0.717) is 94.2 Å².